The minimum absolute atomic E-state index is 0.120. The van der Waals surface area contributed by atoms with Crippen LogP contribution in [0.3, 0.4) is 0 Å². The second kappa shape index (κ2) is 4.44. The van der Waals surface area contributed by atoms with Crippen LogP contribution in [0.5, 0.6) is 5.75 Å². The molecule has 0 heterocycles. The van der Waals surface area contributed by atoms with E-state index in [2.05, 4.69) is 38.9 Å². The normalized spacial score (nSPS) is 20.7. The number of ether oxygens (including phenoxy) is 1. The third kappa shape index (κ3) is 2.53. The Balaban J connectivity index is 2.47. The van der Waals surface area contributed by atoms with Crippen molar-refractivity contribution in [3.8, 4) is 5.75 Å². The maximum Gasteiger partial charge on any atom is 0.326 e. The predicted octanol–water partition coefficient (Wildman–Crippen LogP) is 3.12. The SMILES string of the molecule is CC1(C)CCC(C)(C)c2cc(OC(N)=NO)ccc21. The van der Waals surface area contributed by atoms with E-state index in [1.54, 1.807) is 0 Å². The Bertz CT molecular complexity index is 519. The van der Waals surface area contributed by atoms with E-state index < -0.39 is 0 Å². The van der Waals surface area contributed by atoms with Crippen LogP contribution in [0.15, 0.2) is 23.4 Å². The molecule has 0 spiro atoms. The third-order valence-electron chi connectivity index (χ3n) is 4.15. The van der Waals surface area contributed by atoms with Gasteiger partial charge >= 0.3 is 6.02 Å². The first-order valence-electron chi connectivity index (χ1n) is 6.57. The van der Waals surface area contributed by atoms with Crippen molar-refractivity contribution < 1.29 is 9.94 Å². The second-order valence-electron chi connectivity index (χ2n) is 6.52. The Hall–Kier alpha value is -1.71. The van der Waals surface area contributed by atoms with Gasteiger partial charge in [-0.25, -0.2) is 0 Å². The van der Waals surface area contributed by atoms with Crippen molar-refractivity contribution >= 4 is 6.02 Å². The van der Waals surface area contributed by atoms with Crippen LogP contribution in [-0.4, -0.2) is 11.2 Å². The highest BCUT2D eigenvalue weighted by Crippen LogP contribution is 2.46. The summed E-state index contributed by atoms with van der Waals surface area (Å²) in [5, 5.41) is 11.4. The lowest BCUT2D eigenvalue weighted by Gasteiger charge is -2.41. The summed E-state index contributed by atoms with van der Waals surface area (Å²) in [6.45, 7) is 9.03. The van der Waals surface area contributed by atoms with Gasteiger partial charge in [-0.2, -0.15) is 0 Å². The Morgan fingerprint density at radius 2 is 1.74 bits per heavy atom. The predicted molar refractivity (Wildman–Crippen MR) is 75.8 cm³/mol. The fourth-order valence-corrected chi connectivity index (χ4v) is 2.77. The van der Waals surface area contributed by atoms with Gasteiger partial charge in [-0.1, -0.05) is 33.8 Å². The van der Waals surface area contributed by atoms with Crippen LogP contribution in [0.25, 0.3) is 0 Å². The molecule has 0 amide bonds. The first kappa shape index (κ1) is 13.7. The summed E-state index contributed by atoms with van der Waals surface area (Å²) < 4.78 is 5.27. The van der Waals surface area contributed by atoms with E-state index in [0.717, 1.165) is 6.42 Å². The van der Waals surface area contributed by atoms with Crippen LogP contribution < -0.4 is 10.5 Å². The molecule has 0 bridgehead atoms. The molecule has 4 heteroatoms. The van der Waals surface area contributed by atoms with Gasteiger partial charge in [0.15, 0.2) is 0 Å². The van der Waals surface area contributed by atoms with Crippen LogP contribution in [0.1, 0.15) is 51.7 Å². The first-order valence-corrected chi connectivity index (χ1v) is 6.57. The zero-order chi connectivity index (χ0) is 14.3. The average molecular weight is 262 g/mol. The van der Waals surface area contributed by atoms with Gasteiger partial charge in [0, 0.05) is 0 Å². The van der Waals surface area contributed by atoms with Gasteiger partial charge in [-0.15, -0.1) is 0 Å². The molecule has 4 nitrogen and oxygen atoms in total. The summed E-state index contributed by atoms with van der Waals surface area (Å²) in [7, 11) is 0. The molecule has 0 aliphatic heterocycles. The van der Waals surface area contributed by atoms with Crippen molar-refractivity contribution in [1.82, 2.24) is 0 Å². The van der Waals surface area contributed by atoms with E-state index in [4.69, 9.17) is 15.7 Å². The molecule has 0 atom stereocenters. The first-order chi connectivity index (χ1) is 8.76. The molecule has 0 fully saturated rings. The molecule has 0 saturated carbocycles. The largest absolute Gasteiger partial charge is 0.424 e. The molecule has 1 aliphatic carbocycles. The van der Waals surface area contributed by atoms with E-state index in [1.165, 1.54) is 17.5 Å². The van der Waals surface area contributed by atoms with E-state index in [0.29, 0.717) is 5.75 Å². The number of amidine groups is 1. The maximum absolute atomic E-state index is 8.56. The number of hydrogen-bond acceptors (Lipinski definition) is 3. The van der Waals surface area contributed by atoms with Gasteiger partial charge in [0.1, 0.15) is 5.75 Å². The minimum atomic E-state index is -0.243. The zero-order valence-corrected chi connectivity index (χ0v) is 12.0. The number of fused-ring (bicyclic) bond motifs is 1. The number of benzene rings is 1. The standard InChI is InChI=1S/C15H22N2O2/c1-14(2)7-8-15(3,4)12-9-10(5-6-11(12)14)19-13(16)17-18/h5-6,9,18H,7-8H2,1-4H3,(H2,16,17). The Morgan fingerprint density at radius 1 is 1.16 bits per heavy atom. The summed E-state index contributed by atoms with van der Waals surface area (Å²) in [6.07, 6.45) is 2.31. The van der Waals surface area contributed by atoms with E-state index in [-0.39, 0.29) is 16.9 Å². The molecular weight excluding hydrogens is 240 g/mol. The van der Waals surface area contributed by atoms with E-state index in [1.807, 2.05) is 12.1 Å². The van der Waals surface area contributed by atoms with Gasteiger partial charge in [-0.05, 0) is 52.1 Å². The van der Waals surface area contributed by atoms with Crippen molar-refractivity contribution in [2.75, 3.05) is 0 Å². The third-order valence-corrected chi connectivity index (χ3v) is 4.15. The fourth-order valence-electron chi connectivity index (χ4n) is 2.77. The highest BCUT2D eigenvalue weighted by molar-refractivity contribution is 5.73. The molecule has 1 aliphatic rings. The fraction of sp³-hybridized carbons (Fsp3) is 0.533. The molecule has 19 heavy (non-hydrogen) atoms. The molecule has 1 aromatic rings. The van der Waals surface area contributed by atoms with Crippen LogP contribution in [0.2, 0.25) is 0 Å². The average Bonchev–Trinajstić information content (AvgIpc) is 2.35. The van der Waals surface area contributed by atoms with Gasteiger partial charge in [0.2, 0.25) is 0 Å². The summed E-state index contributed by atoms with van der Waals surface area (Å²) in [5.41, 5.74) is 8.32. The number of nitrogens with zero attached hydrogens (tertiary/aromatic N) is 1. The number of rotatable bonds is 1. The summed E-state index contributed by atoms with van der Waals surface area (Å²) in [6, 6.07) is 5.73. The molecular formula is C15H22N2O2. The molecule has 0 aromatic heterocycles. The summed E-state index contributed by atoms with van der Waals surface area (Å²) >= 11 is 0. The van der Waals surface area contributed by atoms with E-state index >= 15 is 0 Å². The Kier molecular flexibility index (Phi) is 3.20. The topological polar surface area (TPSA) is 67.8 Å². The van der Waals surface area contributed by atoms with Crippen molar-refractivity contribution in [3.05, 3.63) is 29.3 Å². The maximum atomic E-state index is 8.56. The summed E-state index contributed by atoms with van der Waals surface area (Å²) in [4.78, 5) is 0. The second-order valence-corrected chi connectivity index (χ2v) is 6.52. The summed E-state index contributed by atoms with van der Waals surface area (Å²) in [5.74, 6) is 0.611. The lowest BCUT2D eigenvalue weighted by atomic mass is 9.63. The zero-order valence-electron chi connectivity index (χ0n) is 12.0. The van der Waals surface area contributed by atoms with E-state index in [9.17, 15) is 0 Å². The lowest BCUT2D eigenvalue weighted by molar-refractivity contribution is 0.301. The van der Waals surface area contributed by atoms with Crippen LogP contribution in [0.4, 0.5) is 0 Å². The highest BCUT2D eigenvalue weighted by atomic mass is 16.5. The molecule has 0 saturated heterocycles. The quantitative estimate of drug-likeness (QED) is 0.353. The number of oxime groups is 1. The number of nitrogens with two attached hydrogens (primary N) is 1. The molecule has 0 radical (unpaired) electrons. The molecule has 0 unspecified atom stereocenters. The Labute approximate surface area is 114 Å². The molecule has 104 valence electrons. The van der Waals surface area contributed by atoms with Crippen LogP contribution >= 0.6 is 0 Å². The van der Waals surface area contributed by atoms with Crippen molar-refractivity contribution in [2.24, 2.45) is 10.9 Å². The number of hydrogen-bond donors (Lipinski definition) is 2. The lowest BCUT2D eigenvalue weighted by Crippen LogP contribution is -2.33. The smallest absolute Gasteiger partial charge is 0.326 e. The van der Waals surface area contributed by atoms with Crippen LogP contribution in [0, 0.1) is 0 Å². The molecule has 1 aromatic carbocycles. The van der Waals surface area contributed by atoms with Gasteiger partial charge in [0.25, 0.3) is 0 Å². The van der Waals surface area contributed by atoms with Crippen molar-refractivity contribution in [3.63, 3.8) is 0 Å². The molecule has 3 N–H and O–H groups in total. The van der Waals surface area contributed by atoms with Crippen molar-refractivity contribution in [2.45, 2.75) is 51.4 Å². The minimum Gasteiger partial charge on any atom is -0.424 e. The Morgan fingerprint density at radius 3 is 2.32 bits per heavy atom. The monoisotopic (exact) mass is 262 g/mol. The highest BCUT2D eigenvalue weighted by Gasteiger charge is 2.37. The van der Waals surface area contributed by atoms with Crippen LogP contribution in [-0.2, 0) is 10.8 Å². The van der Waals surface area contributed by atoms with Crippen molar-refractivity contribution in [1.29, 1.82) is 0 Å². The van der Waals surface area contributed by atoms with Gasteiger partial charge in [0.05, 0.1) is 0 Å². The molecule has 2 rings (SSSR count). The van der Waals surface area contributed by atoms with Gasteiger partial charge < -0.3 is 15.7 Å². The van der Waals surface area contributed by atoms with Gasteiger partial charge in [-0.3, -0.25) is 0 Å².